The molecule has 0 radical (unpaired) electrons. The van der Waals surface area contributed by atoms with Gasteiger partial charge in [-0.1, -0.05) is 0 Å². The summed E-state index contributed by atoms with van der Waals surface area (Å²) in [7, 11) is 3.83. The average Bonchev–Trinajstić information content (AvgIpc) is 2.33. The molecule has 0 aliphatic rings. The predicted octanol–water partition coefficient (Wildman–Crippen LogP) is 1.50. The lowest BCUT2D eigenvalue weighted by atomic mass is 10.1. The maximum absolute atomic E-state index is 9.68. The number of nitrogens with zero attached hydrogens (tertiary/aromatic N) is 3. The molecule has 3 N–H and O–H groups in total. The van der Waals surface area contributed by atoms with Crippen molar-refractivity contribution in [1.82, 2.24) is 9.97 Å². The number of hydrogen-bond acceptors (Lipinski definition) is 5. The topological polar surface area (TPSA) is 75.3 Å². The minimum atomic E-state index is 0.0595. The highest BCUT2D eigenvalue weighted by Gasteiger charge is 2.14. The monoisotopic (exact) mass is 230 g/mol. The third-order valence-corrected chi connectivity index (χ3v) is 2.52. The van der Waals surface area contributed by atoms with Gasteiger partial charge >= 0.3 is 0 Å². The largest absolute Gasteiger partial charge is 0.506 e. The number of nitrogens with two attached hydrogens (primary N) is 1. The molecule has 0 fully saturated rings. The second kappa shape index (κ2) is 4.29. The lowest BCUT2D eigenvalue weighted by Gasteiger charge is -2.19. The summed E-state index contributed by atoms with van der Waals surface area (Å²) in [6.07, 6.45) is 3.10. The highest BCUT2D eigenvalue weighted by molar-refractivity contribution is 5.89. The van der Waals surface area contributed by atoms with Gasteiger partial charge in [0.2, 0.25) is 0 Å². The Kier molecular flexibility index (Phi) is 2.82. The van der Waals surface area contributed by atoms with Crippen molar-refractivity contribution in [2.45, 2.75) is 0 Å². The van der Waals surface area contributed by atoms with Gasteiger partial charge in [0.25, 0.3) is 0 Å². The summed E-state index contributed by atoms with van der Waals surface area (Å²) in [5.74, 6) is 0.0595. The van der Waals surface area contributed by atoms with E-state index in [4.69, 9.17) is 5.73 Å². The van der Waals surface area contributed by atoms with Crippen molar-refractivity contribution < 1.29 is 5.11 Å². The van der Waals surface area contributed by atoms with Crippen LogP contribution in [0.3, 0.4) is 0 Å². The van der Waals surface area contributed by atoms with Crippen molar-refractivity contribution in [3.8, 4) is 17.0 Å². The Labute approximate surface area is 99.6 Å². The molecule has 17 heavy (non-hydrogen) atoms. The molecule has 88 valence electrons. The smallest absolute Gasteiger partial charge is 0.139 e. The summed E-state index contributed by atoms with van der Waals surface area (Å²) in [6, 6.07) is 5.15. The normalized spacial score (nSPS) is 10.2. The van der Waals surface area contributed by atoms with E-state index < -0.39 is 0 Å². The molecule has 5 heteroatoms. The Hall–Kier alpha value is -2.30. The van der Waals surface area contributed by atoms with Crippen molar-refractivity contribution in [2.24, 2.45) is 0 Å². The van der Waals surface area contributed by atoms with Gasteiger partial charge in [0.1, 0.15) is 12.1 Å². The fraction of sp³-hybridized carbons (Fsp3) is 0.167. The SMILES string of the molecule is CN(C)c1ccc(O)c(N)c1-c1ccncn1. The molecule has 0 bridgehead atoms. The molecule has 2 aromatic rings. The number of benzene rings is 1. The van der Waals surface area contributed by atoms with Crippen molar-refractivity contribution in [3.05, 3.63) is 30.7 Å². The molecule has 0 saturated heterocycles. The average molecular weight is 230 g/mol. The van der Waals surface area contributed by atoms with Gasteiger partial charge in [-0.2, -0.15) is 0 Å². The number of phenolic OH excluding ortho intramolecular Hbond substituents is 1. The molecule has 0 unspecified atom stereocenters. The lowest BCUT2D eigenvalue weighted by molar-refractivity contribution is 0.478. The first-order valence-corrected chi connectivity index (χ1v) is 5.16. The summed E-state index contributed by atoms with van der Waals surface area (Å²) >= 11 is 0. The van der Waals surface area contributed by atoms with E-state index in [1.165, 1.54) is 6.33 Å². The zero-order valence-electron chi connectivity index (χ0n) is 9.75. The standard InChI is InChI=1S/C12H14N4O/c1-16(2)9-3-4-10(17)12(13)11(9)8-5-6-14-7-15-8/h3-7,17H,13H2,1-2H3. The highest BCUT2D eigenvalue weighted by atomic mass is 16.3. The van der Waals surface area contributed by atoms with Crippen LogP contribution in [0.5, 0.6) is 5.75 Å². The number of hydrogen-bond donors (Lipinski definition) is 2. The third kappa shape index (κ3) is 1.99. The molecule has 0 saturated carbocycles. The fourth-order valence-electron chi connectivity index (χ4n) is 1.68. The number of aromatic hydroxyl groups is 1. The van der Waals surface area contributed by atoms with Crippen LogP contribution in [-0.2, 0) is 0 Å². The molecule has 1 aromatic heterocycles. The predicted molar refractivity (Wildman–Crippen MR) is 67.9 cm³/mol. The van der Waals surface area contributed by atoms with Gasteiger partial charge in [0, 0.05) is 26.0 Å². The molecule has 2 rings (SSSR count). The van der Waals surface area contributed by atoms with Gasteiger partial charge in [-0.25, -0.2) is 9.97 Å². The first-order valence-electron chi connectivity index (χ1n) is 5.16. The number of phenols is 1. The van der Waals surface area contributed by atoms with Crippen LogP contribution in [0.25, 0.3) is 11.3 Å². The number of nitrogen functional groups attached to an aromatic ring is 1. The van der Waals surface area contributed by atoms with Crippen LogP contribution < -0.4 is 10.6 Å². The van der Waals surface area contributed by atoms with Gasteiger partial charge < -0.3 is 15.7 Å². The van der Waals surface area contributed by atoms with Gasteiger partial charge in [-0.15, -0.1) is 0 Å². The van der Waals surface area contributed by atoms with E-state index in [2.05, 4.69) is 9.97 Å². The summed E-state index contributed by atoms with van der Waals surface area (Å²) in [5.41, 5.74) is 8.56. The minimum Gasteiger partial charge on any atom is -0.506 e. The molecule has 0 atom stereocenters. The molecule has 0 aliphatic heterocycles. The van der Waals surface area contributed by atoms with Gasteiger partial charge in [0.15, 0.2) is 0 Å². The van der Waals surface area contributed by atoms with Gasteiger partial charge in [-0.05, 0) is 18.2 Å². The second-order valence-corrected chi connectivity index (χ2v) is 3.88. The van der Waals surface area contributed by atoms with Gasteiger partial charge in [-0.3, -0.25) is 0 Å². The summed E-state index contributed by atoms with van der Waals surface area (Å²) in [5, 5.41) is 9.68. The van der Waals surface area contributed by atoms with Crippen LogP contribution in [0.4, 0.5) is 11.4 Å². The van der Waals surface area contributed by atoms with Crippen LogP contribution in [0.15, 0.2) is 30.7 Å². The fourth-order valence-corrected chi connectivity index (χ4v) is 1.68. The minimum absolute atomic E-state index is 0.0595. The third-order valence-electron chi connectivity index (χ3n) is 2.52. The zero-order valence-corrected chi connectivity index (χ0v) is 9.75. The van der Waals surface area contributed by atoms with Gasteiger partial charge in [0.05, 0.1) is 16.9 Å². The Morgan fingerprint density at radius 1 is 1.24 bits per heavy atom. The Balaban J connectivity index is 2.70. The molecule has 1 heterocycles. The first-order chi connectivity index (χ1) is 8.11. The molecule has 1 aromatic carbocycles. The lowest BCUT2D eigenvalue weighted by Crippen LogP contribution is -2.11. The van der Waals surface area contributed by atoms with Crippen LogP contribution in [0, 0.1) is 0 Å². The number of aromatic nitrogens is 2. The van der Waals surface area contributed by atoms with E-state index in [0.29, 0.717) is 11.4 Å². The molecular weight excluding hydrogens is 216 g/mol. The second-order valence-electron chi connectivity index (χ2n) is 3.88. The Bertz CT molecular complexity index is 526. The zero-order chi connectivity index (χ0) is 12.4. The van der Waals surface area contributed by atoms with E-state index in [-0.39, 0.29) is 5.75 Å². The van der Waals surface area contributed by atoms with E-state index in [0.717, 1.165) is 11.3 Å². The van der Waals surface area contributed by atoms with Crippen molar-refractivity contribution in [1.29, 1.82) is 0 Å². The Morgan fingerprint density at radius 3 is 2.59 bits per heavy atom. The molecule has 0 aliphatic carbocycles. The molecule has 5 nitrogen and oxygen atoms in total. The summed E-state index contributed by atoms with van der Waals surface area (Å²) in [4.78, 5) is 9.96. The molecular formula is C12H14N4O. The van der Waals surface area contributed by atoms with Crippen molar-refractivity contribution in [2.75, 3.05) is 24.7 Å². The summed E-state index contributed by atoms with van der Waals surface area (Å²) < 4.78 is 0. The van der Waals surface area contributed by atoms with Crippen LogP contribution in [0.1, 0.15) is 0 Å². The van der Waals surface area contributed by atoms with Crippen molar-refractivity contribution >= 4 is 11.4 Å². The maximum atomic E-state index is 9.68. The first kappa shape index (κ1) is 11.2. The van der Waals surface area contributed by atoms with Crippen LogP contribution >= 0.6 is 0 Å². The van der Waals surface area contributed by atoms with E-state index in [9.17, 15) is 5.11 Å². The van der Waals surface area contributed by atoms with E-state index in [1.54, 1.807) is 18.3 Å². The van der Waals surface area contributed by atoms with E-state index in [1.807, 2.05) is 25.1 Å². The number of anilines is 2. The molecule has 0 amide bonds. The number of rotatable bonds is 2. The van der Waals surface area contributed by atoms with Crippen molar-refractivity contribution in [3.63, 3.8) is 0 Å². The Morgan fingerprint density at radius 2 is 2.00 bits per heavy atom. The van der Waals surface area contributed by atoms with E-state index >= 15 is 0 Å². The quantitative estimate of drug-likeness (QED) is 0.604. The van der Waals surface area contributed by atoms with Crippen LogP contribution in [-0.4, -0.2) is 29.2 Å². The summed E-state index contributed by atoms with van der Waals surface area (Å²) in [6.45, 7) is 0. The maximum Gasteiger partial charge on any atom is 0.139 e. The van der Waals surface area contributed by atoms with Crippen LogP contribution in [0.2, 0.25) is 0 Å². The highest BCUT2D eigenvalue weighted by Crippen LogP contribution is 2.38. The molecule has 0 spiro atoms.